The number of aryl methyl sites for hydroxylation is 1. The van der Waals surface area contributed by atoms with Crippen LogP contribution in [0.5, 0.6) is 0 Å². The highest BCUT2D eigenvalue weighted by Crippen LogP contribution is 2.32. The van der Waals surface area contributed by atoms with Crippen molar-refractivity contribution in [3.05, 3.63) is 57.2 Å². The van der Waals surface area contributed by atoms with Crippen molar-refractivity contribution in [2.75, 3.05) is 12.4 Å². The number of thiazole rings is 1. The number of carbonyl (C=O) groups is 2. The van der Waals surface area contributed by atoms with Crippen LogP contribution in [0.2, 0.25) is 5.02 Å². The summed E-state index contributed by atoms with van der Waals surface area (Å²) in [5.41, 5.74) is 2.61. The van der Waals surface area contributed by atoms with Crippen molar-refractivity contribution in [1.29, 1.82) is 0 Å². The lowest BCUT2D eigenvalue weighted by Crippen LogP contribution is -2.46. The third kappa shape index (κ3) is 4.82. The number of benzene rings is 1. The largest absolute Gasteiger partial charge is 0.463 e. The molecule has 3 rings (SSSR count). The van der Waals surface area contributed by atoms with Gasteiger partial charge in [0.05, 0.1) is 18.2 Å². The van der Waals surface area contributed by atoms with Crippen LogP contribution in [-0.2, 0) is 9.53 Å². The Hall–Kier alpha value is -2.03. The quantitative estimate of drug-likeness (QED) is 0.540. The van der Waals surface area contributed by atoms with Crippen LogP contribution in [-0.4, -0.2) is 29.3 Å². The molecule has 0 bridgehead atoms. The van der Waals surface area contributed by atoms with E-state index in [9.17, 15) is 9.59 Å². The minimum Gasteiger partial charge on any atom is -0.463 e. The van der Waals surface area contributed by atoms with Crippen molar-refractivity contribution in [2.45, 2.75) is 24.2 Å². The monoisotopic (exact) mass is 423 g/mol. The molecular weight excluding hydrogens is 406 g/mol. The molecule has 1 aliphatic heterocycles. The Kier molecular flexibility index (Phi) is 6.41. The number of nitrogens with zero attached hydrogens (tertiary/aromatic N) is 1. The van der Waals surface area contributed by atoms with E-state index in [0.29, 0.717) is 22.0 Å². The summed E-state index contributed by atoms with van der Waals surface area (Å²) in [5.74, 6) is -0.0608. The van der Waals surface area contributed by atoms with Crippen LogP contribution >= 0.6 is 34.7 Å². The molecule has 1 aromatic carbocycles. The van der Waals surface area contributed by atoms with E-state index in [1.165, 1.54) is 23.1 Å². The topological polar surface area (TPSA) is 80.3 Å². The van der Waals surface area contributed by atoms with Gasteiger partial charge >= 0.3 is 12.0 Å². The van der Waals surface area contributed by atoms with Gasteiger partial charge in [-0.2, -0.15) is 0 Å². The van der Waals surface area contributed by atoms with Gasteiger partial charge in [-0.1, -0.05) is 35.5 Å². The zero-order chi connectivity index (χ0) is 19.4. The normalized spacial score (nSPS) is 16.7. The predicted octanol–water partition coefficient (Wildman–Crippen LogP) is 4.07. The third-order valence-electron chi connectivity index (χ3n) is 3.79. The van der Waals surface area contributed by atoms with Gasteiger partial charge in [-0.05, 0) is 31.5 Å². The molecule has 0 aliphatic carbocycles. The van der Waals surface area contributed by atoms with Gasteiger partial charge < -0.3 is 15.4 Å². The van der Waals surface area contributed by atoms with Gasteiger partial charge in [-0.15, -0.1) is 11.3 Å². The van der Waals surface area contributed by atoms with Crippen LogP contribution in [0.15, 0.2) is 45.3 Å². The van der Waals surface area contributed by atoms with Gasteiger partial charge in [0.15, 0.2) is 0 Å². The molecule has 1 aliphatic rings. The highest BCUT2D eigenvalue weighted by atomic mass is 35.5. The van der Waals surface area contributed by atoms with E-state index < -0.39 is 12.0 Å². The summed E-state index contributed by atoms with van der Waals surface area (Å²) in [6, 6.07) is 6.04. The van der Waals surface area contributed by atoms with Crippen molar-refractivity contribution in [3.8, 4) is 0 Å². The molecule has 2 heterocycles. The molecule has 0 saturated carbocycles. The number of esters is 1. The average Bonchev–Trinajstić information content (AvgIpc) is 3.05. The lowest BCUT2D eigenvalue weighted by Gasteiger charge is -2.29. The first-order chi connectivity index (χ1) is 13.0. The zero-order valence-electron chi connectivity index (χ0n) is 14.7. The van der Waals surface area contributed by atoms with E-state index in [-0.39, 0.29) is 12.6 Å². The van der Waals surface area contributed by atoms with Gasteiger partial charge in [0, 0.05) is 27.5 Å². The standard InChI is InChI=1S/C18H18ClN3O3S2/c1-3-25-16(23)14-13(9-27-18-20-10(2)8-26-18)21-17(24)22-15(14)11-4-6-12(19)7-5-11/h4-8,15H,3,9H2,1-2H3,(H2,21,22,24). The van der Waals surface area contributed by atoms with Gasteiger partial charge in [0.1, 0.15) is 4.34 Å². The Bertz CT molecular complexity index is 880. The zero-order valence-corrected chi connectivity index (χ0v) is 17.1. The van der Waals surface area contributed by atoms with Crippen molar-refractivity contribution in [2.24, 2.45) is 0 Å². The minimum atomic E-state index is -0.608. The Morgan fingerprint density at radius 2 is 2.11 bits per heavy atom. The van der Waals surface area contributed by atoms with Gasteiger partial charge in [0.2, 0.25) is 0 Å². The molecular formula is C18H18ClN3O3S2. The Morgan fingerprint density at radius 3 is 2.74 bits per heavy atom. The Morgan fingerprint density at radius 1 is 1.37 bits per heavy atom. The molecule has 1 aromatic heterocycles. The first-order valence-corrected chi connectivity index (χ1v) is 10.5. The second kappa shape index (κ2) is 8.77. The van der Waals surface area contributed by atoms with E-state index in [2.05, 4.69) is 15.6 Å². The van der Waals surface area contributed by atoms with E-state index in [1.807, 2.05) is 12.3 Å². The van der Waals surface area contributed by atoms with Crippen LogP contribution in [0, 0.1) is 6.92 Å². The molecule has 2 amide bonds. The number of nitrogens with one attached hydrogen (secondary N) is 2. The van der Waals surface area contributed by atoms with E-state index in [4.69, 9.17) is 16.3 Å². The molecule has 2 aromatic rings. The number of amides is 2. The van der Waals surface area contributed by atoms with E-state index in [1.54, 1.807) is 31.2 Å². The predicted molar refractivity (Wildman–Crippen MR) is 107 cm³/mol. The molecule has 0 fully saturated rings. The van der Waals surface area contributed by atoms with Crippen molar-refractivity contribution < 1.29 is 14.3 Å². The highest BCUT2D eigenvalue weighted by Gasteiger charge is 2.33. The summed E-state index contributed by atoms with van der Waals surface area (Å²) >= 11 is 8.96. The van der Waals surface area contributed by atoms with Crippen LogP contribution in [0.1, 0.15) is 24.2 Å². The molecule has 27 heavy (non-hydrogen) atoms. The molecule has 0 radical (unpaired) electrons. The minimum absolute atomic E-state index is 0.246. The van der Waals surface area contributed by atoms with Gasteiger partial charge in [-0.25, -0.2) is 14.6 Å². The Balaban J connectivity index is 1.96. The summed E-state index contributed by atoms with van der Waals surface area (Å²) in [6.45, 7) is 3.92. The summed E-state index contributed by atoms with van der Waals surface area (Å²) in [7, 11) is 0. The van der Waals surface area contributed by atoms with Crippen molar-refractivity contribution in [3.63, 3.8) is 0 Å². The molecule has 0 spiro atoms. The maximum Gasteiger partial charge on any atom is 0.338 e. The maximum absolute atomic E-state index is 12.7. The van der Waals surface area contributed by atoms with Crippen LogP contribution in [0.3, 0.4) is 0 Å². The summed E-state index contributed by atoms with van der Waals surface area (Å²) in [5, 5.41) is 8.09. The summed E-state index contributed by atoms with van der Waals surface area (Å²) < 4.78 is 6.12. The number of ether oxygens (including phenoxy) is 1. The number of hydrogen-bond donors (Lipinski definition) is 2. The molecule has 1 unspecified atom stereocenters. The number of aromatic nitrogens is 1. The second-order valence-corrected chi connectivity index (χ2v) is 8.26. The SMILES string of the molecule is CCOC(=O)C1=C(CSc2nc(C)cs2)NC(=O)NC1c1ccc(Cl)cc1. The smallest absolute Gasteiger partial charge is 0.338 e. The molecule has 9 heteroatoms. The number of carbonyl (C=O) groups excluding carboxylic acids is 2. The highest BCUT2D eigenvalue weighted by molar-refractivity contribution is 8.01. The fraction of sp³-hybridized carbons (Fsp3) is 0.278. The number of halogens is 1. The second-order valence-electron chi connectivity index (χ2n) is 5.74. The molecule has 6 nitrogen and oxygen atoms in total. The van der Waals surface area contributed by atoms with Crippen LogP contribution < -0.4 is 10.6 Å². The molecule has 1 atom stereocenters. The maximum atomic E-state index is 12.7. The fourth-order valence-electron chi connectivity index (χ4n) is 2.62. The molecule has 142 valence electrons. The van der Waals surface area contributed by atoms with E-state index >= 15 is 0 Å². The first-order valence-electron chi connectivity index (χ1n) is 8.26. The lowest BCUT2D eigenvalue weighted by atomic mass is 9.95. The van der Waals surface area contributed by atoms with Crippen LogP contribution in [0.4, 0.5) is 4.79 Å². The third-order valence-corrected chi connectivity index (χ3v) is 6.21. The number of rotatable bonds is 6. The number of thioether (sulfide) groups is 1. The van der Waals surface area contributed by atoms with Gasteiger partial charge in [0.25, 0.3) is 0 Å². The fourth-order valence-corrected chi connectivity index (χ4v) is 4.56. The molecule has 0 saturated heterocycles. The number of urea groups is 1. The first kappa shape index (κ1) is 19.7. The summed E-state index contributed by atoms with van der Waals surface area (Å²) in [6.07, 6.45) is 0. The Labute approximate surface area is 170 Å². The van der Waals surface area contributed by atoms with Crippen LogP contribution in [0.25, 0.3) is 0 Å². The average molecular weight is 424 g/mol. The summed E-state index contributed by atoms with van der Waals surface area (Å²) in [4.78, 5) is 29.3. The van der Waals surface area contributed by atoms with Crippen molar-refractivity contribution in [1.82, 2.24) is 15.6 Å². The number of hydrogen-bond acceptors (Lipinski definition) is 6. The van der Waals surface area contributed by atoms with E-state index in [0.717, 1.165) is 15.6 Å². The lowest BCUT2D eigenvalue weighted by molar-refractivity contribution is -0.139. The van der Waals surface area contributed by atoms with Crippen molar-refractivity contribution >= 4 is 46.7 Å². The molecule has 2 N–H and O–H groups in total. The van der Waals surface area contributed by atoms with Gasteiger partial charge in [-0.3, -0.25) is 0 Å².